The minimum Gasteiger partial charge on any atom is -0.378 e. The number of benzene rings is 1. The first kappa shape index (κ1) is 21.4. The molecule has 0 spiro atoms. The van der Waals surface area contributed by atoms with Crippen LogP contribution in [-0.2, 0) is 21.4 Å². The van der Waals surface area contributed by atoms with Crippen LogP contribution in [0.3, 0.4) is 0 Å². The fourth-order valence-electron chi connectivity index (χ4n) is 2.03. The van der Waals surface area contributed by atoms with Gasteiger partial charge in [0.05, 0.1) is 4.75 Å². The Morgan fingerprint density at radius 3 is 2.20 bits per heavy atom. The molecule has 1 aromatic carbocycles. The molecule has 0 unspecified atom stereocenters. The van der Waals surface area contributed by atoms with Crippen molar-refractivity contribution < 1.29 is 13.2 Å². The summed E-state index contributed by atoms with van der Waals surface area (Å²) in [5.41, 5.74) is 2.17. The van der Waals surface area contributed by atoms with Crippen LogP contribution in [0.15, 0.2) is 24.3 Å². The summed E-state index contributed by atoms with van der Waals surface area (Å²) >= 11 is 0. The summed E-state index contributed by atoms with van der Waals surface area (Å²) in [5, 5.41) is 2.89. The molecule has 0 bridgehead atoms. The molecule has 0 radical (unpaired) electrons. The topological polar surface area (TPSA) is 78.5 Å². The van der Waals surface area contributed by atoms with E-state index in [2.05, 4.69) is 10.0 Å². The summed E-state index contributed by atoms with van der Waals surface area (Å²) in [6, 6.07) is 8.03. The maximum atomic E-state index is 11.9. The number of rotatable bonds is 9. The van der Waals surface area contributed by atoms with Crippen LogP contribution in [0.1, 0.15) is 45.6 Å². The number of amides is 1. The van der Waals surface area contributed by atoms with Gasteiger partial charge in [-0.2, -0.15) is 0 Å². The van der Waals surface area contributed by atoms with Crippen LogP contribution in [0.4, 0.5) is 5.69 Å². The number of unbranched alkanes of at least 4 members (excludes halogenated alkanes) is 1. The molecule has 0 saturated carbocycles. The van der Waals surface area contributed by atoms with Gasteiger partial charge in [-0.05, 0) is 51.3 Å². The second-order valence-corrected chi connectivity index (χ2v) is 9.83. The molecular weight excluding hydrogens is 338 g/mol. The summed E-state index contributed by atoms with van der Waals surface area (Å²) in [5.74, 6) is -0.0182. The van der Waals surface area contributed by atoms with E-state index in [9.17, 15) is 13.2 Å². The number of carbonyl (C=O) groups excluding carboxylic acids is 1. The lowest BCUT2D eigenvalue weighted by Gasteiger charge is -2.19. The Bertz CT molecular complexity index is 647. The predicted molar refractivity (Wildman–Crippen MR) is 103 cm³/mol. The van der Waals surface area contributed by atoms with Gasteiger partial charge in [0.1, 0.15) is 0 Å². The summed E-state index contributed by atoms with van der Waals surface area (Å²) < 4.78 is 25.5. The van der Waals surface area contributed by atoms with Crippen LogP contribution in [0, 0.1) is 0 Å². The van der Waals surface area contributed by atoms with Crippen molar-refractivity contribution in [2.75, 3.05) is 25.5 Å². The molecule has 0 atom stereocenters. The number of hydrogen-bond donors (Lipinski definition) is 2. The van der Waals surface area contributed by atoms with Crippen LogP contribution < -0.4 is 14.9 Å². The van der Waals surface area contributed by atoms with Gasteiger partial charge in [-0.15, -0.1) is 0 Å². The Kier molecular flexibility index (Phi) is 7.89. The lowest BCUT2D eigenvalue weighted by molar-refractivity contribution is -0.121. The Morgan fingerprint density at radius 2 is 1.68 bits per heavy atom. The molecule has 0 aliphatic rings. The van der Waals surface area contributed by atoms with Crippen molar-refractivity contribution >= 4 is 21.6 Å². The fourth-order valence-corrected chi connectivity index (χ4v) is 2.88. The van der Waals surface area contributed by atoms with Gasteiger partial charge in [0, 0.05) is 39.3 Å². The highest BCUT2D eigenvalue weighted by Crippen LogP contribution is 2.13. The third-order valence-corrected chi connectivity index (χ3v) is 6.07. The van der Waals surface area contributed by atoms with Crippen molar-refractivity contribution in [2.45, 2.75) is 51.3 Å². The number of sulfonamides is 1. The molecule has 6 nitrogen and oxygen atoms in total. The summed E-state index contributed by atoms with van der Waals surface area (Å²) in [4.78, 5) is 13.9. The first-order valence-corrected chi connectivity index (χ1v) is 10.0. The molecule has 0 aromatic heterocycles. The van der Waals surface area contributed by atoms with Gasteiger partial charge >= 0.3 is 0 Å². The van der Waals surface area contributed by atoms with Gasteiger partial charge in [-0.25, -0.2) is 13.1 Å². The van der Waals surface area contributed by atoms with Crippen LogP contribution in [0.2, 0.25) is 0 Å². The number of hydrogen-bond acceptors (Lipinski definition) is 4. The van der Waals surface area contributed by atoms with Crippen molar-refractivity contribution in [2.24, 2.45) is 0 Å². The highest BCUT2D eigenvalue weighted by molar-refractivity contribution is 7.90. The molecule has 0 heterocycles. The number of anilines is 1. The van der Waals surface area contributed by atoms with E-state index in [1.165, 1.54) is 0 Å². The SMILES string of the molecule is CN(C)c1ccc(CNC(=O)CCCCNS(=O)(=O)C(C)(C)C)cc1. The quantitative estimate of drug-likeness (QED) is 0.655. The zero-order chi connectivity index (χ0) is 19.1. The molecule has 1 aromatic rings. The van der Waals surface area contributed by atoms with Crippen LogP contribution in [0.5, 0.6) is 0 Å². The first-order chi connectivity index (χ1) is 11.5. The standard InChI is InChI=1S/C18H31N3O3S/c1-18(2,3)25(23,24)20-13-7-6-8-17(22)19-14-15-9-11-16(12-10-15)21(4)5/h9-12,20H,6-8,13-14H2,1-5H3,(H,19,22). The third-order valence-electron chi connectivity index (χ3n) is 3.87. The molecule has 0 saturated heterocycles. The minimum atomic E-state index is -3.31. The van der Waals surface area contributed by atoms with E-state index in [1.54, 1.807) is 20.8 Å². The van der Waals surface area contributed by atoms with Gasteiger partial charge in [0.2, 0.25) is 15.9 Å². The van der Waals surface area contributed by atoms with Crippen molar-refractivity contribution in [3.05, 3.63) is 29.8 Å². The zero-order valence-electron chi connectivity index (χ0n) is 15.9. The Hall–Kier alpha value is -1.60. The lowest BCUT2D eigenvalue weighted by Crippen LogP contribution is -2.39. The molecule has 25 heavy (non-hydrogen) atoms. The van der Waals surface area contributed by atoms with E-state index < -0.39 is 14.8 Å². The second-order valence-electron chi connectivity index (χ2n) is 7.30. The van der Waals surface area contributed by atoms with Gasteiger partial charge in [-0.1, -0.05) is 12.1 Å². The average Bonchev–Trinajstić information content (AvgIpc) is 2.51. The van der Waals surface area contributed by atoms with Crippen molar-refractivity contribution in [1.82, 2.24) is 10.0 Å². The van der Waals surface area contributed by atoms with E-state index in [4.69, 9.17) is 0 Å². The van der Waals surface area contributed by atoms with Gasteiger partial charge in [-0.3, -0.25) is 4.79 Å². The Morgan fingerprint density at radius 1 is 1.08 bits per heavy atom. The molecule has 7 heteroatoms. The average molecular weight is 370 g/mol. The maximum Gasteiger partial charge on any atom is 0.220 e. The number of nitrogens with zero attached hydrogens (tertiary/aromatic N) is 1. The highest BCUT2D eigenvalue weighted by atomic mass is 32.2. The van der Waals surface area contributed by atoms with Crippen LogP contribution in [-0.4, -0.2) is 39.7 Å². The first-order valence-electron chi connectivity index (χ1n) is 8.55. The van der Waals surface area contributed by atoms with Crippen LogP contribution in [0.25, 0.3) is 0 Å². The number of carbonyl (C=O) groups is 1. The third kappa shape index (κ3) is 7.44. The van der Waals surface area contributed by atoms with E-state index in [-0.39, 0.29) is 5.91 Å². The predicted octanol–water partition coefficient (Wildman–Crippen LogP) is 2.26. The highest BCUT2D eigenvalue weighted by Gasteiger charge is 2.27. The van der Waals surface area contributed by atoms with Crippen molar-refractivity contribution in [3.63, 3.8) is 0 Å². The number of nitrogens with one attached hydrogen (secondary N) is 2. The molecular formula is C18H31N3O3S. The fraction of sp³-hybridized carbons (Fsp3) is 0.611. The van der Waals surface area contributed by atoms with Crippen molar-refractivity contribution in [3.8, 4) is 0 Å². The Balaban J connectivity index is 2.23. The molecule has 1 rings (SSSR count). The second kappa shape index (κ2) is 9.20. The summed E-state index contributed by atoms with van der Waals surface area (Å²) in [6.07, 6.45) is 1.69. The Labute approximate surface area is 152 Å². The van der Waals surface area contributed by atoms with Crippen molar-refractivity contribution in [1.29, 1.82) is 0 Å². The molecule has 1 amide bonds. The molecule has 0 fully saturated rings. The normalized spacial score (nSPS) is 12.0. The van der Waals surface area contributed by atoms with Crippen LogP contribution >= 0.6 is 0 Å². The minimum absolute atomic E-state index is 0.0182. The zero-order valence-corrected chi connectivity index (χ0v) is 16.7. The largest absolute Gasteiger partial charge is 0.378 e. The van der Waals surface area contributed by atoms with E-state index >= 15 is 0 Å². The van der Waals surface area contributed by atoms with E-state index in [0.29, 0.717) is 32.4 Å². The maximum absolute atomic E-state index is 11.9. The molecule has 2 N–H and O–H groups in total. The molecule has 0 aliphatic carbocycles. The summed E-state index contributed by atoms with van der Waals surface area (Å²) in [6.45, 7) is 5.84. The molecule has 0 aliphatic heterocycles. The lowest BCUT2D eigenvalue weighted by atomic mass is 10.2. The van der Waals surface area contributed by atoms with Gasteiger partial charge < -0.3 is 10.2 Å². The van der Waals surface area contributed by atoms with Gasteiger partial charge in [0.15, 0.2) is 0 Å². The van der Waals surface area contributed by atoms with Gasteiger partial charge in [0.25, 0.3) is 0 Å². The van der Waals surface area contributed by atoms with E-state index in [0.717, 1.165) is 11.3 Å². The molecule has 142 valence electrons. The monoisotopic (exact) mass is 369 g/mol. The summed E-state index contributed by atoms with van der Waals surface area (Å²) in [7, 11) is 0.661. The van der Waals surface area contributed by atoms with E-state index in [1.807, 2.05) is 43.3 Å². The smallest absolute Gasteiger partial charge is 0.220 e.